The third kappa shape index (κ3) is 4.08. The summed E-state index contributed by atoms with van der Waals surface area (Å²) in [4.78, 5) is 4.96. The highest BCUT2D eigenvalue weighted by Crippen LogP contribution is 2.43. The summed E-state index contributed by atoms with van der Waals surface area (Å²) in [5, 5.41) is 0. The van der Waals surface area contributed by atoms with E-state index < -0.39 is 5.60 Å². The van der Waals surface area contributed by atoms with Gasteiger partial charge < -0.3 is 9.47 Å². The van der Waals surface area contributed by atoms with Gasteiger partial charge in [0.25, 0.3) is 0 Å². The van der Waals surface area contributed by atoms with E-state index in [1.54, 1.807) is 0 Å². The maximum atomic E-state index is 6.54. The van der Waals surface area contributed by atoms with Gasteiger partial charge in [0.1, 0.15) is 18.0 Å². The van der Waals surface area contributed by atoms with Crippen LogP contribution in [0.1, 0.15) is 29.2 Å². The van der Waals surface area contributed by atoms with Gasteiger partial charge in [0.2, 0.25) is 0 Å². The van der Waals surface area contributed by atoms with Crippen LogP contribution in [0.5, 0.6) is 5.75 Å². The van der Waals surface area contributed by atoms with E-state index in [0.717, 1.165) is 39.4 Å². The molecule has 0 aromatic heterocycles. The first kappa shape index (κ1) is 20.2. The molecule has 5 rings (SSSR count). The number of hydrogen-bond donors (Lipinski definition) is 0. The quantitative estimate of drug-likeness (QED) is 0.329. The topological polar surface area (TPSA) is 30.8 Å². The molecule has 0 bridgehead atoms. The van der Waals surface area contributed by atoms with Gasteiger partial charge in [-0.2, -0.15) is 0 Å². The molecule has 0 N–H and O–H groups in total. The fraction of sp³-hybridized carbons (Fsp3) is 0.138. The minimum atomic E-state index is -0.626. The van der Waals surface area contributed by atoms with Crippen LogP contribution in [0.15, 0.2) is 114 Å². The Morgan fingerprint density at radius 2 is 1.25 bits per heavy atom. The SMILES string of the molecule is CC1(OCc2ccccc2)C(c2ccc(OCc3ccccc3)cc2)=Nc2ccccc21. The predicted molar refractivity (Wildman–Crippen MR) is 128 cm³/mol. The van der Waals surface area contributed by atoms with E-state index in [-0.39, 0.29) is 0 Å². The zero-order valence-electron chi connectivity index (χ0n) is 18.1. The van der Waals surface area contributed by atoms with Gasteiger partial charge >= 0.3 is 0 Å². The summed E-state index contributed by atoms with van der Waals surface area (Å²) in [6.07, 6.45) is 0. The Morgan fingerprint density at radius 1 is 0.656 bits per heavy atom. The van der Waals surface area contributed by atoms with Crippen LogP contribution < -0.4 is 4.74 Å². The number of para-hydroxylation sites is 1. The molecule has 3 heteroatoms. The lowest BCUT2D eigenvalue weighted by Crippen LogP contribution is -2.33. The molecule has 0 fully saturated rings. The minimum Gasteiger partial charge on any atom is -0.489 e. The Labute approximate surface area is 189 Å². The third-order valence-electron chi connectivity index (χ3n) is 5.85. The highest BCUT2D eigenvalue weighted by molar-refractivity contribution is 6.11. The average molecular weight is 420 g/mol. The largest absolute Gasteiger partial charge is 0.489 e. The van der Waals surface area contributed by atoms with Crippen molar-refractivity contribution < 1.29 is 9.47 Å². The molecule has 1 heterocycles. The van der Waals surface area contributed by atoms with Gasteiger partial charge in [-0.05, 0) is 53.9 Å². The standard InChI is InChI=1S/C29H25NO2/c1-29(32-21-23-12-6-3-7-13-23)26-14-8-9-15-27(26)30-28(29)24-16-18-25(19-17-24)31-20-22-10-4-2-5-11-22/h2-19H,20-21H2,1H3. The third-order valence-corrected chi connectivity index (χ3v) is 5.85. The van der Waals surface area contributed by atoms with Gasteiger partial charge in [0.15, 0.2) is 0 Å². The number of aliphatic imine (C=N–C) groups is 1. The number of fused-ring (bicyclic) bond motifs is 1. The monoisotopic (exact) mass is 419 g/mol. The summed E-state index contributed by atoms with van der Waals surface area (Å²) in [5.41, 5.74) is 5.67. The molecule has 158 valence electrons. The second kappa shape index (κ2) is 8.81. The average Bonchev–Trinajstić information content (AvgIpc) is 3.16. The number of benzene rings is 4. The van der Waals surface area contributed by atoms with Gasteiger partial charge in [-0.3, -0.25) is 0 Å². The first-order valence-corrected chi connectivity index (χ1v) is 10.9. The van der Waals surface area contributed by atoms with Crippen molar-refractivity contribution in [2.24, 2.45) is 4.99 Å². The summed E-state index contributed by atoms with van der Waals surface area (Å²) in [5.74, 6) is 0.834. The lowest BCUT2D eigenvalue weighted by molar-refractivity contribution is 0.00824. The minimum absolute atomic E-state index is 0.517. The summed E-state index contributed by atoms with van der Waals surface area (Å²) in [6, 6.07) is 36.8. The number of nitrogens with zero attached hydrogens (tertiary/aromatic N) is 1. The Hall–Kier alpha value is -3.69. The fourth-order valence-corrected chi connectivity index (χ4v) is 4.07. The van der Waals surface area contributed by atoms with Crippen molar-refractivity contribution >= 4 is 11.4 Å². The van der Waals surface area contributed by atoms with Crippen LogP contribution in [0.2, 0.25) is 0 Å². The number of hydrogen-bond acceptors (Lipinski definition) is 3. The first-order valence-electron chi connectivity index (χ1n) is 10.9. The normalized spacial score (nSPS) is 17.0. The zero-order valence-corrected chi connectivity index (χ0v) is 18.1. The summed E-state index contributed by atoms with van der Waals surface area (Å²) in [7, 11) is 0. The van der Waals surface area contributed by atoms with Gasteiger partial charge in [0, 0.05) is 5.56 Å². The summed E-state index contributed by atoms with van der Waals surface area (Å²) in [6.45, 7) is 3.17. The molecule has 4 aromatic carbocycles. The smallest absolute Gasteiger partial charge is 0.135 e. The van der Waals surface area contributed by atoms with E-state index in [9.17, 15) is 0 Å². The lowest BCUT2D eigenvalue weighted by atomic mass is 9.88. The van der Waals surface area contributed by atoms with Crippen molar-refractivity contribution in [2.45, 2.75) is 25.7 Å². The van der Waals surface area contributed by atoms with E-state index in [1.807, 2.05) is 66.7 Å². The van der Waals surface area contributed by atoms with Gasteiger partial charge in [0.05, 0.1) is 18.0 Å². The molecule has 0 spiro atoms. The lowest BCUT2D eigenvalue weighted by Gasteiger charge is -2.28. The molecule has 3 nitrogen and oxygen atoms in total. The van der Waals surface area contributed by atoms with Gasteiger partial charge in [-0.15, -0.1) is 0 Å². The van der Waals surface area contributed by atoms with Crippen LogP contribution in [-0.4, -0.2) is 5.71 Å². The summed E-state index contributed by atoms with van der Waals surface area (Å²) < 4.78 is 12.5. The molecular formula is C29H25NO2. The van der Waals surface area contributed by atoms with Crippen molar-refractivity contribution in [3.05, 3.63) is 131 Å². The van der Waals surface area contributed by atoms with Crippen LogP contribution in [0, 0.1) is 0 Å². The molecular weight excluding hydrogens is 394 g/mol. The second-order valence-corrected chi connectivity index (χ2v) is 8.08. The molecule has 0 amide bonds. The van der Waals surface area contributed by atoms with Crippen LogP contribution in [0.3, 0.4) is 0 Å². The van der Waals surface area contributed by atoms with Gasteiger partial charge in [-0.1, -0.05) is 78.9 Å². The van der Waals surface area contributed by atoms with E-state index in [4.69, 9.17) is 14.5 Å². The fourth-order valence-electron chi connectivity index (χ4n) is 4.07. The second-order valence-electron chi connectivity index (χ2n) is 8.08. The number of rotatable bonds is 7. The Bertz CT molecular complexity index is 1220. The Kier molecular flexibility index (Phi) is 5.57. The van der Waals surface area contributed by atoms with Crippen LogP contribution >= 0.6 is 0 Å². The molecule has 32 heavy (non-hydrogen) atoms. The van der Waals surface area contributed by atoms with E-state index in [0.29, 0.717) is 13.2 Å². The summed E-state index contributed by atoms with van der Waals surface area (Å²) >= 11 is 0. The van der Waals surface area contributed by atoms with Crippen molar-refractivity contribution in [1.29, 1.82) is 0 Å². The van der Waals surface area contributed by atoms with Crippen molar-refractivity contribution in [3.63, 3.8) is 0 Å². The highest BCUT2D eigenvalue weighted by Gasteiger charge is 2.41. The maximum absolute atomic E-state index is 6.54. The number of ether oxygens (including phenoxy) is 2. The van der Waals surface area contributed by atoms with Crippen molar-refractivity contribution in [2.75, 3.05) is 0 Å². The molecule has 1 aliphatic heterocycles. The van der Waals surface area contributed by atoms with Crippen molar-refractivity contribution in [1.82, 2.24) is 0 Å². The molecule has 0 saturated carbocycles. The molecule has 1 unspecified atom stereocenters. The molecule has 0 saturated heterocycles. The Balaban J connectivity index is 1.38. The maximum Gasteiger partial charge on any atom is 0.135 e. The molecule has 4 aromatic rings. The highest BCUT2D eigenvalue weighted by atomic mass is 16.5. The molecule has 0 aliphatic carbocycles. The zero-order chi connectivity index (χ0) is 21.8. The molecule has 1 atom stereocenters. The molecule has 0 radical (unpaired) electrons. The van der Waals surface area contributed by atoms with Crippen LogP contribution in [-0.2, 0) is 23.6 Å². The van der Waals surface area contributed by atoms with Crippen molar-refractivity contribution in [3.8, 4) is 5.75 Å². The van der Waals surface area contributed by atoms with E-state index in [2.05, 4.69) is 49.4 Å². The van der Waals surface area contributed by atoms with Crippen LogP contribution in [0.25, 0.3) is 0 Å². The van der Waals surface area contributed by atoms with Crippen LogP contribution in [0.4, 0.5) is 5.69 Å². The van der Waals surface area contributed by atoms with Gasteiger partial charge in [-0.25, -0.2) is 4.99 Å². The Morgan fingerprint density at radius 3 is 1.94 bits per heavy atom. The first-order chi connectivity index (χ1) is 15.7. The predicted octanol–water partition coefficient (Wildman–Crippen LogP) is 6.83. The molecule has 1 aliphatic rings. The van der Waals surface area contributed by atoms with E-state index >= 15 is 0 Å². The van der Waals surface area contributed by atoms with E-state index in [1.165, 1.54) is 0 Å².